The fraction of sp³-hybridized carbons (Fsp3) is 0.643. The molecule has 0 aromatic carbocycles. The van der Waals surface area contributed by atoms with Gasteiger partial charge in [-0.3, -0.25) is 4.90 Å². The van der Waals surface area contributed by atoms with E-state index in [0.29, 0.717) is 17.2 Å². The molecular weight excluding hydrogens is 246 g/mol. The fourth-order valence-electron chi connectivity index (χ4n) is 3.39. The molecule has 0 amide bonds. The Bertz CT molecular complexity index is 396. The molecule has 0 aliphatic carbocycles. The van der Waals surface area contributed by atoms with Crippen molar-refractivity contribution in [2.24, 2.45) is 5.92 Å². The van der Waals surface area contributed by atoms with Crippen molar-refractivity contribution in [1.29, 1.82) is 0 Å². The highest BCUT2D eigenvalue weighted by Crippen LogP contribution is 2.32. The molecule has 4 heterocycles. The highest BCUT2D eigenvalue weighted by atomic mass is 35.5. The van der Waals surface area contributed by atoms with Crippen LogP contribution < -0.4 is 5.32 Å². The summed E-state index contributed by atoms with van der Waals surface area (Å²) in [6.07, 6.45) is 4.56. The maximum absolute atomic E-state index is 5.80. The molecule has 0 unspecified atom stereocenters. The highest BCUT2D eigenvalue weighted by molar-refractivity contribution is 6.29. The van der Waals surface area contributed by atoms with Crippen LogP contribution >= 0.6 is 11.6 Å². The molecule has 3 aliphatic rings. The van der Waals surface area contributed by atoms with Crippen LogP contribution in [-0.4, -0.2) is 35.1 Å². The first-order valence-corrected chi connectivity index (χ1v) is 7.20. The van der Waals surface area contributed by atoms with Gasteiger partial charge in [0.15, 0.2) is 0 Å². The summed E-state index contributed by atoms with van der Waals surface area (Å²) in [4.78, 5) is 6.73. The number of aromatic nitrogens is 1. The summed E-state index contributed by atoms with van der Waals surface area (Å²) in [6, 6.07) is 5.20. The molecule has 3 saturated heterocycles. The zero-order valence-electron chi connectivity index (χ0n) is 10.8. The molecule has 0 spiro atoms. The molecule has 3 nitrogen and oxygen atoms in total. The van der Waals surface area contributed by atoms with Gasteiger partial charge in [-0.25, -0.2) is 4.98 Å². The SMILES string of the molecule is C[C@@H]1[C@@H](NCc2ccc(Cl)nc2)C2CCN1CC2. The van der Waals surface area contributed by atoms with Crippen molar-refractivity contribution in [3.8, 4) is 0 Å². The minimum atomic E-state index is 0.565. The minimum absolute atomic E-state index is 0.565. The van der Waals surface area contributed by atoms with Crippen LogP contribution in [-0.2, 0) is 6.54 Å². The molecule has 4 heteroatoms. The number of rotatable bonds is 3. The van der Waals surface area contributed by atoms with Crippen molar-refractivity contribution in [1.82, 2.24) is 15.2 Å². The smallest absolute Gasteiger partial charge is 0.129 e. The number of fused-ring (bicyclic) bond motifs is 3. The van der Waals surface area contributed by atoms with Crippen molar-refractivity contribution in [2.75, 3.05) is 13.1 Å². The van der Waals surface area contributed by atoms with E-state index in [9.17, 15) is 0 Å². The lowest BCUT2D eigenvalue weighted by Crippen LogP contribution is -2.61. The zero-order valence-corrected chi connectivity index (χ0v) is 11.5. The molecule has 1 aromatic rings. The third-order valence-electron chi connectivity index (χ3n) is 4.51. The molecule has 2 atom stereocenters. The van der Waals surface area contributed by atoms with Crippen molar-refractivity contribution >= 4 is 11.6 Å². The molecule has 0 saturated carbocycles. The quantitative estimate of drug-likeness (QED) is 0.850. The molecule has 2 bridgehead atoms. The minimum Gasteiger partial charge on any atom is -0.308 e. The predicted molar refractivity (Wildman–Crippen MR) is 73.6 cm³/mol. The lowest BCUT2D eigenvalue weighted by Gasteiger charge is -2.50. The molecule has 18 heavy (non-hydrogen) atoms. The van der Waals surface area contributed by atoms with Crippen LogP contribution in [0.2, 0.25) is 5.15 Å². The first-order chi connectivity index (χ1) is 8.74. The number of pyridine rings is 1. The maximum atomic E-state index is 5.80. The second-order valence-corrected chi connectivity index (χ2v) is 5.90. The lowest BCUT2D eigenvalue weighted by atomic mass is 9.79. The first kappa shape index (κ1) is 12.4. The van der Waals surface area contributed by atoms with Crippen LogP contribution in [0, 0.1) is 5.92 Å². The van der Waals surface area contributed by atoms with Gasteiger partial charge in [0.25, 0.3) is 0 Å². The summed E-state index contributed by atoms with van der Waals surface area (Å²) in [7, 11) is 0. The number of halogens is 1. The Hall–Kier alpha value is -0.640. The van der Waals surface area contributed by atoms with E-state index < -0.39 is 0 Å². The standard InChI is InChI=1S/C14H20ClN3/c1-10-14(12-4-6-18(10)7-5-12)17-9-11-2-3-13(15)16-8-11/h2-3,8,10,12,14,17H,4-7,9H2,1H3/t10-,14-/m1/s1. The van der Waals surface area contributed by atoms with E-state index in [-0.39, 0.29) is 0 Å². The Morgan fingerprint density at radius 1 is 1.39 bits per heavy atom. The second kappa shape index (κ2) is 5.16. The normalized spacial score (nSPS) is 34.8. The summed E-state index contributed by atoms with van der Waals surface area (Å²) in [6.45, 7) is 5.81. The van der Waals surface area contributed by atoms with Crippen LogP contribution in [0.3, 0.4) is 0 Å². The van der Waals surface area contributed by atoms with E-state index in [2.05, 4.69) is 22.1 Å². The van der Waals surface area contributed by atoms with E-state index in [1.54, 1.807) is 0 Å². The van der Waals surface area contributed by atoms with Gasteiger partial charge < -0.3 is 5.32 Å². The fourth-order valence-corrected chi connectivity index (χ4v) is 3.50. The Morgan fingerprint density at radius 3 is 2.78 bits per heavy atom. The van der Waals surface area contributed by atoms with E-state index in [4.69, 9.17) is 11.6 Å². The van der Waals surface area contributed by atoms with Crippen LogP contribution in [0.1, 0.15) is 25.3 Å². The average molecular weight is 266 g/mol. The summed E-state index contributed by atoms with van der Waals surface area (Å²) in [5.74, 6) is 0.852. The van der Waals surface area contributed by atoms with Crippen molar-refractivity contribution in [2.45, 2.75) is 38.4 Å². The summed E-state index contributed by atoms with van der Waals surface area (Å²) in [5.41, 5.74) is 1.21. The maximum Gasteiger partial charge on any atom is 0.129 e. The van der Waals surface area contributed by atoms with Crippen LogP contribution in [0.15, 0.2) is 18.3 Å². The topological polar surface area (TPSA) is 28.2 Å². The van der Waals surface area contributed by atoms with Crippen LogP contribution in [0.25, 0.3) is 0 Å². The molecule has 1 aromatic heterocycles. The lowest BCUT2D eigenvalue weighted by molar-refractivity contribution is 0.0216. The van der Waals surface area contributed by atoms with E-state index in [0.717, 1.165) is 12.5 Å². The molecule has 3 fully saturated rings. The molecule has 3 aliphatic heterocycles. The molecule has 0 radical (unpaired) electrons. The third-order valence-corrected chi connectivity index (χ3v) is 4.73. The van der Waals surface area contributed by atoms with Gasteiger partial charge in [-0.05, 0) is 50.4 Å². The summed E-state index contributed by atoms with van der Waals surface area (Å²) in [5, 5.41) is 4.28. The summed E-state index contributed by atoms with van der Waals surface area (Å²) < 4.78 is 0. The van der Waals surface area contributed by atoms with E-state index in [1.165, 1.54) is 31.5 Å². The molecule has 98 valence electrons. The number of hydrogen-bond donors (Lipinski definition) is 1. The molecule has 1 N–H and O–H groups in total. The largest absolute Gasteiger partial charge is 0.308 e. The van der Waals surface area contributed by atoms with Gasteiger partial charge in [0.1, 0.15) is 5.15 Å². The van der Waals surface area contributed by atoms with Gasteiger partial charge in [0.05, 0.1) is 0 Å². The Morgan fingerprint density at radius 2 is 2.17 bits per heavy atom. The van der Waals surface area contributed by atoms with Gasteiger partial charge in [0, 0.05) is 24.8 Å². The Kier molecular flexibility index (Phi) is 3.55. The predicted octanol–water partition coefficient (Wildman–Crippen LogP) is 2.31. The second-order valence-electron chi connectivity index (χ2n) is 5.51. The highest BCUT2D eigenvalue weighted by Gasteiger charge is 2.39. The number of hydrogen-bond acceptors (Lipinski definition) is 3. The molecule has 4 rings (SSSR count). The molecular formula is C14H20ClN3. The summed E-state index contributed by atoms with van der Waals surface area (Å²) >= 11 is 5.80. The Balaban J connectivity index is 1.61. The van der Waals surface area contributed by atoms with Gasteiger partial charge in [0.2, 0.25) is 0 Å². The Labute approximate surface area is 114 Å². The monoisotopic (exact) mass is 265 g/mol. The van der Waals surface area contributed by atoms with E-state index >= 15 is 0 Å². The van der Waals surface area contributed by atoms with Crippen molar-refractivity contribution in [3.05, 3.63) is 29.0 Å². The average Bonchev–Trinajstić information content (AvgIpc) is 2.41. The van der Waals surface area contributed by atoms with Crippen molar-refractivity contribution in [3.63, 3.8) is 0 Å². The van der Waals surface area contributed by atoms with Gasteiger partial charge >= 0.3 is 0 Å². The van der Waals surface area contributed by atoms with Crippen LogP contribution in [0.5, 0.6) is 0 Å². The number of piperidine rings is 3. The van der Waals surface area contributed by atoms with Gasteiger partial charge in [-0.1, -0.05) is 17.7 Å². The van der Waals surface area contributed by atoms with Gasteiger partial charge in [-0.2, -0.15) is 0 Å². The zero-order chi connectivity index (χ0) is 12.5. The first-order valence-electron chi connectivity index (χ1n) is 6.82. The van der Waals surface area contributed by atoms with Gasteiger partial charge in [-0.15, -0.1) is 0 Å². The van der Waals surface area contributed by atoms with Crippen molar-refractivity contribution < 1.29 is 0 Å². The van der Waals surface area contributed by atoms with Crippen LogP contribution in [0.4, 0.5) is 0 Å². The van der Waals surface area contributed by atoms with E-state index in [1.807, 2.05) is 18.3 Å². The third kappa shape index (κ3) is 2.40. The number of nitrogens with one attached hydrogen (secondary N) is 1. The number of nitrogens with zero attached hydrogens (tertiary/aromatic N) is 2.